The van der Waals surface area contributed by atoms with Gasteiger partial charge in [0.25, 0.3) is 0 Å². The lowest BCUT2D eigenvalue weighted by Gasteiger charge is -2.20. The van der Waals surface area contributed by atoms with Crippen molar-refractivity contribution in [1.29, 1.82) is 0 Å². The molecule has 1 saturated carbocycles. The van der Waals surface area contributed by atoms with Crippen molar-refractivity contribution in [3.05, 3.63) is 17.5 Å². The van der Waals surface area contributed by atoms with Crippen LogP contribution in [0, 0.1) is 18.3 Å². The van der Waals surface area contributed by atoms with Crippen molar-refractivity contribution in [2.75, 3.05) is 11.9 Å². The molecule has 0 unspecified atom stereocenters. The van der Waals surface area contributed by atoms with Crippen LogP contribution in [0.25, 0.3) is 0 Å². The Labute approximate surface area is 110 Å². The van der Waals surface area contributed by atoms with E-state index in [0.29, 0.717) is 11.3 Å². The number of aromatic nitrogens is 2. The SMILES string of the molecule is Cc1cc(C(C)C)nc(NCC2(C(C)C)CC2)n1. The first kappa shape index (κ1) is 13.3. The standard InChI is InChI=1S/C15H25N3/c1-10(2)13-8-12(5)17-14(18-13)16-9-15(6-7-15)11(3)4/h8,10-11H,6-7,9H2,1-5H3,(H,16,17,18). The molecular weight excluding hydrogens is 222 g/mol. The van der Waals surface area contributed by atoms with Crippen LogP contribution in [0.5, 0.6) is 0 Å². The van der Waals surface area contributed by atoms with Gasteiger partial charge in [0.15, 0.2) is 0 Å². The summed E-state index contributed by atoms with van der Waals surface area (Å²) in [6, 6.07) is 2.07. The lowest BCUT2D eigenvalue weighted by molar-refractivity contribution is 0.379. The molecule has 0 amide bonds. The lowest BCUT2D eigenvalue weighted by Crippen LogP contribution is -2.22. The summed E-state index contributed by atoms with van der Waals surface area (Å²) >= 11 is 0. The van der Waals surface area contributed by atoms with Crippen molar-refractivity contribution in [2.45, 2.75) is 53.4 Å². The van der Waals surface area contributed by atoms with Gasteiger partial charge in [-0.05, 0) is 43.1 Å². The average Bonchev–Trinajstić information content (AvgIpc) is 3.06. The molecule has 1 aliphatic rings. The first-order valence-electron chi connectivity index (χ1n) is 7.02. The summed E-state index contributed by atoms with van der Waals surface area (Å²) in [6.07, 6.45) is 2.67. The summed E-state index contributed by atoms with van der Waals surface area (Å²) in [4.78, 5) is 9.09. The van der Waals surface area contributed by atoms with Crippen molar-refractivity contribution in [3.8, 4) is 0 Å². The molecule has 1 aromatic rings. The highest BCUT2D eigenvalue weighted by Crippen LogP contribution is 2.51. The fourth-order valence-electron chi connectivity index (χ4n) is 2.34. The number of hydrogen-bond donors (Lipinski definition) is 1. The van der Waals surface area contributed by atoms with Gasteiger partial charge in [0.2, 0.25) is 5.95 Å². The van der Waals surface area contributed by atoms with Gasteiger partial charge < -0.3 is 5.32 Å². The number of aryl methyl sites for hydroxylation is 1. The number of anilines is 1. The van der Waals surface area contributed by atoms with Crippen LogP contribution in [0.4, 0.5) is 5.95 Å². The van der Waals surface area contributed by atoms with E-state index in [1.165, 1.54) is 12.8 Å². The second kappa shape index (κ2) is 4.87. The zero-order chi connectivity index (χ0) is 13.3. The molecule has 0 atom stereocenters. The maximum Gasteiger partial charge on any atom is 0.223 e. The highest BCUT2D eigenvalue weighted by Gasteiger charge is 2.45. The summed E-state index contributed by atoms with van der Waals surface area (Å²) in [7, 11) is 0. The monoisotopic (exact) mass is 247 g/mol. The topological polar surface area (TPSA) is 37.8 Å². The van der Waals surface area contributed by atoms with Gasteiger partial charge in [0, 0.05) is 17.9 Å². The zero-order valence-electron chi connectivity index (χ0n) is 12.2. The first-order chi connectivity index (χ1) is 8.43. The van der Waals surface area contributed by atoms with Gasteiger partial charge in [-0.3, -0.25) is 0 Å². The van der Waals surface area contributed by atoms with E-state index in [1.54, 1.807) is 0 Å². The van der Waals surface area contributed by atoms with E-state index < -0.39 is 0 Å². The van der Waals surface area contributed by atoms with Crippen LogP contribution in [0.15, 0.2) is 6.07 Å². The van der Waals surface area contributed by atoms with E-state index in [4.69, 9.17) is 0 Å². The fraction of sp³-hybridized carbons (Fsp3) is 0.733. The molecule has 0 radical (unpaired) electrons. The van der Waals surface area contributed by atoms with Gasteiger partial charge in [-0.15, -0.1) is 0 Å². The third kappa shape index (κ3) is 2.82. The Morgan fingerprint density at radius 3 is 2.39 bits per heavy atom. The highest BCUT2D eigenvalue weighted by molar-refractivity contribution is 5.30. The Morgan fingerprint density at radius 1 is 1.22 bits per heavy atom. The van der Waals surface area contributed by atoms with Crippen LogP contribution in [0.1, 0.15) is 57.8 Å². The van der Waals surface area contributed by atoms with E-state index in [2.05, 4.69) is 49.0 Å². The van der Waals surface area contributed by atoms with Crippen molar-refractivity contribution < 1.29 is 0 Å². The summed E-state index contributed by atoms with van der Waals surface area (Å²) in [6.45, 7) is 12.0. The van der Waals surface area contributed by atoms with Gasteiger partial charge in [-0.2, -0.15) is 0 Å². The Kier molecular flexibility index (Phi) is 3.60. The largest absolute Gasteiger partial charge is 0.354 e. The molecule has 1 heterocycles. The van der Waals surface area contributed by atoms with Gasteiger partial charge in [0.1, 0.15) is 0 Å². The van der Waals surface area contributed by atoms with Gasteiger partial charge in [0.05, 0.1) is 0 Å². The minimum absolute atomic E-state index is 0.451. The van der Waals surface area contributed by atoms with Gasteiger partial charge >= 0.3 is 0 Å². The molecule has 1 aliphatic carbocycles. The van der Waals surface area contributed by atoms with Crippen LogP contribution >= 0.6 is 0 Å². The van der Waals surface area contributed by atoms with E-state index in [9.17, 15) is 0 Å². The molecule has 18 heavy (non-hydrogen) atoms. The number of nitrogens with zero attached hydrogens (tertiary/aromatic N) is 2. The van der Waals surface area contributed by atoms with Crippen LogP contribution in [0.2, 0.25) is 0 Å². The number of rotatable bonds is 5. The lowest BCUT2D eigenvalue weighted by atomic mass is 9.92. The van der Waals surface area contributed by atoms with Crippen LogP contribution in [-0.4, -0.2) is 16.5 Å². The third-order valence-electron chi connectivity index (χ3n) is 4.18. The van der Waals surface area contributed by atoms with Crippen LogP contribution < -0.4 is 5.32 Å². The van der Waals surface area contributed by atoms with E-state index in [0.717, 1.165) is 29.8 Å². The predicted octanol–water partition coefficient (Wildman–Crippen LogP) is 3.76. The Balaban J connectivity index is 2.05. The molecule has 100 valence electrons. The molecule has 0 aliphatic heterocycles. The molecular formula is C15H25N3. The Morgan fingerprint density at radius 2 is 1.89 bits per heavy atom. The second-order valence-corrected chi connectivity index (χ2v) is 6.28. The fourth-order valence-corrected chi connectivity index (χ4v) is 2.34. The molecule has 0 aromatic carbocycles. The van der Waals surface area contributed by atoms with E-state index in [1.807, 2.05) is 6.92 Å². The molecule has 1 fully saturated rings. The Bertz CT molecular complexity index is 420. The zero-order valence-corrected chi connectivity index (χ0v) is 12.2. The number of nitrogens with one attached hydrogen (secondary N) is 1. The van der Waals surface area contributed by atoms with E-state index in [-0.39, 0.29) is 0 Å². The molecule has 1 N–H and O–H groups in total. The molecule has 2 rings (SSSR count). The highest BCUT2D eigenvalue weighted by atomic mass is 15.1. The molecule has 0 saturated heterocycles. The van der Waals surface area contributed by atoms with Crippen LogP contribution in [0.3, 0.4) is 0 Å². The maximum absolute atomic E-state index is 4.60. The Hall–Kier alpha value is -1.12. The molecule has 0 spiro atoms. The smallest absolute Gasteiger partial charge is 0.223 e. The van der Waals surface area contributed by atoms with Crippen molar-refractivity contribution in [3.63, 3.8) is 0 Å². The molecule has 3 heteroatoms. The van der Waals surface area contributed by atoms with Gasteiger partial charge in [-0.25, -0.2) is 9.97 Å². The maximum atomic E-state index is 4.60. The molecule has 1 aromatic heterocycles. The van der Waals surface area contributed by atoms with E-state index >= 15 is 0 Å². The van der Waals surface area contributed by atoms with Gasteiger partial charge in [-0.1, -0.05) is 27.7 Å². The molecule has 0 bridgehead atoms. The first-order valence-corrected chi connectivity index (χ1v) is 7.02. The predicted molar refractivity (Wildman–Crippen MR) is 75.9 cm³/mol. The minimum atomic E-state index is 0.451. The van der Waals surface area contributed by atoms with Crippen molar-refractivity contribution in [1.82, 2.24) is 9.97 Å². The summed E-state index contributed by atoms with van der Waals surface area (Å²) in [5.74, 6) is 1.98. The summed E-state index contributed by atoms with van der Waals surface area (Å²) < 4.78 is 0. The summed E-state index contributed by atoms with van der Waals surface area (Å²) in [5.41, 5.74) is 2.66. The minimum Gasteiger partial charge on any atom is -0.354 e. The average molecular weight is 247 g/mol. The number of hydrogen-bond acceptors (Lipinski definition) is 3. The van der Waals surface area contributed by atoms with Crippen molar-refractivity contribution >= 4 is 5.95 Å². The quantitative estimate of drug-likeness (QED) is 0.861. The van der Waals surface area contributed by atoms with Crippen molar-refractivity contribution in [2.24, 2.45) is 11.3 Å². The molecule has 3 nitrogen and oxygen atoms in total. The second-order valence-electron chi connectivity index (χ2n) is 6.28. The normalized spacial score (nSPS) is 17.3. The van der Waals surface area contributed by atoms with Crippen LogP contribution in [-0.2, 0) is 0 Å². The summed E-state index contributed by atoms with van der Waals surface area (Å²) in [5, 5.41) is 3.44. The third-order valence-corrected chi connectivity index (χ3v) is 4.18.